The molecular formula is C10H16ClN3O2. The van der Waals surface area contributed by atoms with Gasteiger partial charge in [0.1, 0.15) is 0 Å². The SMILES string of the molecule is Cc1cc(C(=O)NCC2CCCN2)on1.Cl. The van der Waals surface area contributed by atoms with E-state index in [0.29, 0.717) is 12.6 Å². The molecule has 1 unspecified atom stereocenters. The first-order valence-electron chi connectivity index (χ1n) is 5.20. The van der Waals surface area contributed by atoms with E-state index in [2.05, 4.69) is 15.8 Å². The molecule has 90 valence electrons. The van der Waals surface area contributed by atoms with Crippen LogP contribution >= 0.6 is 12.4 Å². The summed E-state index contributed by atoms with van der Waals surface area (Å²) in [5, 5.41) is 9.79. The van der Waals surface area contributed by atoms with Crippen molar-refractivity contribution in [3.8, 4) is 0 Å². The molecule has 1 aromatic rings. The van der Waals surface area contributed by atoms with Crippen LogP contribution in [0.25, 0.3) is 0 Å². The van der Waals surface area contributed by atoms with Gasteiger partial charge in [-0.3, -0.25) is 4.79 Å². The molecule has 0 radical (unpaired) electrons. The summed E-state index contributed by atoms with van der Waals surface area (Å²) < 4.78 is 4.86. The van der Waals surface area contributed by atoms with Gasteiger partial charge in [-0.1, -0.05) is 5.16 Å². The number of hydrogen-bond acceptors (Lipinski definition) is 4. The summed E-state index contributed by atoms with van der Waals surface area (Å²) in [6, 6.07) is 2.04. The molecule has 2 N–H and O–H groups in total. The van der Waals surface area contributed by atoms with Crippen LogP contribution in [0.4, 0.5) is 0 Å². The lowest BCUT2D eigenvalue weighted by Crippen LogP contribution is -2.37. The lowest BCUT2D eigenvalue weighted by molar-refractivity contribution is 0.0913. The number of halogens is 1. The van der Waals surface area contributed by atoms with Crippen LogP contribution in [0.2, 0.25) is 0 Å². The largest absolute Gasteiger partial charge is 0.351 e. The van der Waals surface area contributed by atoms with Crippen molar-refractivity contribution in [2.24, 2.45) is 0 Å². The van der Waals surface area contributed by atoms with Crippen molar-refractivity contribution in [1.29, 1.82) is 0 Å². The third-order valence-corrected chi connectivity index (χ3v) is 2.52. The van der Waals surface area contributed by atoms with Crippen molar-refractivity contribution in [3.05, 3.63) is 17.5 Å². The Morgan fingerprint density at radius 1 is 1.75 bits per heavy atom. The molecule has 5 nitrogen and oxygen atoms in total. The highest BCUT2D eigenvalue weighted by atomic mass is 35.5. The van der Waals surface area contributed by atoms with E-state index >= 15 is 0 Å². The van der Waals surface area contributed by atoms with E-state index in [1.165, 1.54) is 6.42 Å². The van der Waals surface area contributed by atoms with Crippen LogP contribution in [0.15, 0.2) is 10.6 Å². The van der Waals surface area contributed by atoms with Gasteiger partial charge in [-0.15, -0.1) is 12.4 Å². The molecule has 2 rings (SSSR count). The summed E-state index contributed by atoms with van der Waals surface area (Å²) >= 11 is 0. The van der Waals surface area contributed by atoms with E-state index in [-0.39, 0.29) is 24.1 Å². The van der Waals surface area contributed by atoms with Gasteiger partial charge in [0.25, 0.3) is 5.91 Å². The van der Waals surface area contributed by atoms with Crippen LogP contribution in [0.3, 0.4) is 0 Å². The van der Waals surface area contributed by atoms with E-state index < -0.39 is 0 Å². The molecule has 0 bridgehead atoms. The summed E-state index contributed by atoms with van der Waals surface area (Å²) in [6.45, 7) is 3.49. The van der Waals surface area contributed by atoms with E-state index in [1.54, 1.807) is 13.0 Å². The highest BCUT2D eigenvalue weighted by molar-refractivity contribution is 5.91. The van der Waals surface area contributed by atoms with Crippen molar-refractivity contribution in [1.82, 2.24) is 15.8 Å². The smallest absolute Gasteiger partial charge is 0.289 e. The first kappa shape index (κ1) is 13.0. The van der Waals surface area contributed by atoms with Gasteiger partial charge in [-0.05, 0) is 26.3 Å². The second-order valence-electron chi connectivity index (χ2n) is 3.84. The van der Waals surface area contributed by atoms with Crippen molar-refractivity contribution in [2.75, 3.05) is 13.1 Å². The molecule has 1 aromatic heterocycles. The quantitative estimate of drug-likeness (QED) is 0.830. The number of rotatable bonds is 3. The minimum absolute atomic E-state index is 0. The number of nitrogens with zero attached hydrogens (tertiary/aromatic N) is 1. The molecule has 1 aliphatic rings. The Labute approximate surface area is 100 Å². The maximum atomic E-state index is 11.5. The zero-order valence-electron chi connectivity index (χ0n) is 9.16. The number of hydrogen-bond donors (Lipinski definition) is 2. The molecule has 0 aromatic carbocycles. The number of aromatic nitrogens is 1. The number of nitrogens with one attached hydrogen (secondary N) is 2. The maximum Gasteiger partial charge on any atom is 0.289 e. The molecule has 0 aliphatic carbocycles. The van der Waals surface area contributed by atoms with Crippen LogP contribution in [0.1, 0.15) is 29.1 Å². The zero-order chi connectivity index (χ0) is 10.7. The highest BCUT2D eigenvalue weighted by Gasteiger charge is 2.16. The van der Waals surface area contributed by atoms with Crippen molar-refractivity contribution in [3.63, 3.8) is 0 Å². The molecule has 0 saturated carbocycles. The van der Waals surface area contributed by atoms with Gasteiger partial charge in [0.05, 0.1) is 5.69 Å². The molecule has 1 amide bonds. The van der Waals surface area contributed by atoms with Gasteiger partial charge < -0.3 is 15.2 Å². The van der Waals surface area contributed by atoms with Crippen LogP contribution in [-0.4, -0.2) is 30.2 Å². The first-order chi connectivity index (χ1) is 7.25. The standard InChI is InChI=1S/C10H15N3O2.ClH/c1-7-5-9(15-13-7)10(14)12-6-8-3-2-4-11-8;/h5,8,11H,2-4,6H2,1H3,(H,12,14);1H. The van der Waals surface area contributed by atoms with E-state index in [4.69, 9.17) is 4.52 Å². The van der Waals surface area contributed by atoms with E-state index in [0.717, 1.165) is 18.7 Å². The van der Waals surface area contributed by atoms with Gasteiger partial charge in [0.2, 0.25) is 5.76 Å². The molecule has 1 atom stereocenters. The lowest BCUT2D eigenvalue weighted by Gasteiger charge is -2.09. The fourth-order valence-corrected chi connectivity index (χ4v) is 1.70. The van der Waals surface area contributed by atoms with Gasteiger partial charge >= 0.3 is 0 Å². The number of amides is 1. The fraction of sp³-hybridized carbons (Fsp3) is 0.600. The molecule has 2 heterocycles. The second-order valence-corrected chi connectivity index (χ2v) is 3.84. The topological polar surface area (TPSA) is 67.2 Å². The third kappa shape index (κ3) is 3.21. The normalized spacial score (nSPS) is 19.2. The van der Waals surface area contributed by atoms with Crippen molar-refractivity contribution >= 4 is 18.3 Å². The number of carbonyl (C=O) groups excluding carboxylic acids is 1. The Morgan fingerprint density at radius 2 is 2.56 bits per heavy atom. The molecular weight excluding hydrogens is 230 g/mol. The van der Waals surface area contributed by atoms with Crippen LogP contribution < -0.4 is 10.6 Å². The summed E-state index contributed by atoms with van der Waals surface area (Å²) in [5.41, 5.74) is 0.721. The number of carbonyl (C=O) groups is 1. The first-order valence-corrected chi connectivity index (χ1v) is 5.20. The van der Waals surface area contributed by atoms with Crippen molar-refractivity contribution in [2.45, 2.75) is 25.8 Å². The lowest BCUT2D eigenvalue weighted by atomic mass is 10.2. The monoisotopic (exact) mass is 245 g/mol. The second kappa shape index (κ2) is 5.86. The van der Waals surface area contributed by atoms with Gasteiger partial charge in [-0.25, -0.2) is 0 Å². The summed E-state index contributed by atoms with van der Waals surface area (Å²) in [6.07, 6.45) is 2.30. The highest BCUT2D eigenvalue weighted by Crippen LogP contribution is 2.05. The van der Waals surface area contributed by atoms with Gasteiger partial charge in [0.15, 0.2) is 0 Å². The third-order valence-electron chi connectivity index (χ3n) is 2.52. The minimum Gasteiger partial charge on any atom is -0.351 e. The Balaban J connectivity index is 0.00000128. The fourth-order valence-electron chi connectivity index (χ4n) is 1.70. The van der Waals surface area contributed by atoms with Gasteiger partial charge in [0, 0.05) is 18.7 Å². The van der Waals surface area contributed by atoms with Crippen molar-refractivity contribution < 1.29 is 9.32 Å². The van der Waals surface area contributed by atoms with Gasteiger partial charge in [-0.2, -0.15) is 0 Å². The average molecular weight is 246 g/mol. The van der Waals surface area contributed by atoms with E-state index in [1.807, 2.05) is 0 Å². The summed E-state index contributed by atoms with van der Waals surface area (Å²) in [4.78, 5) is 11.5. The molecule has 1 aliphatic heterocycles. The molecule has 0 spiro atoms. The van der Waals surface area contributed by atoms with Crippen LogP contribution in [0, 0.1) is 6.92 Å². The van der Waals surface area contributed by atoms with E-state index in [9.17, 15) is 4.79 Å². The predicted octanol–water partition coefficient (Wildman–Crippen LogP) is 0.887. The Morgan fingerprint density at radius 3 is 3.12 bits per heavy atom. The maximum absolute atomic E-state index is 11.5. The predicted molar refractivity (Wildman–Crippen MR) is 61.8 cm³/mol. The minimum atomic E-state index is -0.190. The number of aryl methyl sites for hydroxylation is 1. The molecule has 16 heavy (non-hydrogen) atoms. The average Bonchev–Trinajstić information content (AvgIpc) is 2.84. The molecule has 1 fully saturated rings. The molecule has 6 heteroatoms. The Hall–Kier alpha value is -1.07. The zero-order valence-corrected chi connectivity index (χ0v) is 9.97. The van der Waals surface area contributed by atoms with Crippen LogP contribution in [-0.2, 0) is 0 Å². The molecule has 1 saturated heterocycles. The Bertz CT molecular complexity index is 348. The van der Waals surface area contributed by atoms with Crippen LogP contribution in [0.5, 0.6) is 0 Å². The summed E-state index contributed by atoms with van der Waals surface area (Å²) in [5.74, 6) is 0.0924. The Kier molecular flexibility index (Phi) is 4.76. The summed E-state index contributed by atoms with van der Waals surface area (Å²) in [7, 11) is 0.